The van der Waals surface area contributed by atoms with E-state index in [9.17, 15) is 23.1 Å². The van der Waals surface area contributed by atoms with E-state index in [4.69, 9.17) is 21.1 Å². The quantitative estimate of drug-likeness (QED) is 0.256. The number of carbonyl (C=O) groups excluding carboxylic acids is 2. The van der Waals surface area contributed by atoms with E-state index in [2.05, 4.69) is 9.62 Å². The zero-order valence-electron chi connectivity index (χ0n) is 29.5. The fourth-order valence-corrected chi connectivity index (χ4v) is 8.66. The van der Waals surface area contributed by atoms with Crippen LogP contribution >= 0.6 is 11.6 Å². The van der Waals surface area contributed by atoms with E-state index >= 15 is 0 Å². The third kappa shape index (κ3) is 8.46. The number of nitrogens with zero attached hydrogens (tertiary/aromatic N) is 1. The second kappa shape index (κ2) is 14.6. The molecule has 1 fully saturated rings. The first-order valence-corrected chi connectivity index (χ1v) is 19.4. The molecule has 0 radical (unpaired) electrons. The number of amides is 1. The molecule has 9 nitrogen and oxygen atoms in total. The molecule has 2 bridgehead atoms. The number of hydrogen-bond donors (Lipinski definition) is 2. The molecule has 2 aromatic rings. The molecule has 6 atom stereocenters. The molecule has 2 aromatic carbocycles. The molecule has 0 unspecified atom stereocenters. The SMILES string of the molecule is C[C@H](C(=O)OC(C)(C)C)[C@]1(O)/C=C/C[C@H](C)[C@@H](C)S(=O)(=O)NC(=O)c2ccc3c(c2)N(CCCCc2cc(Cl)ccc2CO3)C[C@@H]2CC[C@H]21. The van der Waals surface area contributed by atoms with Crippen LogP contribution in [-0.4, -0.2) is 54.9 Å². The van der Waals surface area contributed by atoms with Crippen LogP contribution in [0, 0.1) is 23.7 Å². The summed E-state index contributed by atoms with van der Waals surface area (Å²) in [4.78, 5) is 29.1. The highest BCUT2D eigenvalue weighted by molar-refractivity contribution is 7.90. The number of carbonyl (C=O) groups is 2. The van der Waals surface area contributed by atoms with Crippen LogP contribution in [0.3, 0.4) is 0 Å². The summed E-state index contributed by atoms with van der Waals surface area (Å²) >= 11 is 6.35. The molecular weight excluding hydrogens is 664 g/mol. The van der Waals surface area contributed by atoms with Crippen LogP contribution in [0.15, 0.2) is 48.6 Å². The summed E-state index contributed by atoms with van der Waals surface area (Å²) < 4.78 is 41.3. The number of allylic oxidation sites excluding steroid dienone is 1. The fourth-order valence-electron chi connectivity index (χ4n) is 7.18. The summed E-state index contributed by atoms with van der Waals surface area (Å²) in [5.41, 5.74) is 0.810. The summed E-state index contributed by atoms with van der Waals surface area (Å²) in [7, 11) is -4.05. The highest BCUT2D eigenvalue weighted by atomic mass is 35.5. The van der Waals surface area contributed by atoms with Crippen LogP contribution in [0.5, 0.6) is 5.75 Å². The number of ether oxygens (including phenoxy) is 2. The molecule has 49 heavy (non-hydrogen) atoms. The highest BCUT2D eigenvalue weighted by Gasteiger charge is 2.51. The number of rotatable bonds is 2. The summed E-state index contributed by atoms with van der Waals surface area (Å²) in [6.45, 7) is 12.0. The lowest BCUT2D eigenvalue weighted by molar-refractivity contribution is -0.173. The van der Waals surface area contributed by atoms with E-state index < -0.39 is 44.3 Å². The minimum Gasteiger partial charge on any atom is -0.487 e. The van der Waals surface area contributed by atoms with E-state index in [0.717, 1.165) is 36.8 Å². The normalized spacial score (nSPS) is 29.0. The topological polar surface area (TPSA) is 122 Å². The van der Waals surface area contributed by atoms with Crippen LogP contribution in [0.4, 0.5) is 5.69 Å². The number of fused-ring (bicyclic) bond motifs is 3. The molecule has 2 N–H and O–H groups in total. The number of benzene rings is 2. The Balaban J connectivity index is 1.58. The maximum absolute atomic E-state index is 13.5. The lowest BCUT2D eigenvalue weighted by Crippen LogP contribution is -2.55. The molecule has 1 aliphatic carbocycles. The predicted octanol–water partition coefficient (Wildman–Crippen LogP) is 6.84. The van der Waals surface area contributed by atoms with Crippen LogP contribution in [0.1, 0.15) is 95.1 Å². The molecule has 2 aliphatic heterocycles. The number of esters is 1. The number of halogens is 1. The number of aliphatic hydroxyl groups is 1. The number of anilines is 1. The van der Waals surface area contributed by atoms with Crippen molar-refractivity contribution in [2.24, 2.45) is 23.7 Å². The van der Waals surface area contributed by atoms with Gasteiger partial charge in [0.1, 0.15) is 18.0 Å². The number of aryl methyl sites for hydroxylation is 1. The van der Waals surface area contributed by atoms with Crippen LogP contribution in [-0.2, 0) is 32.6 Å². The highest BCUT2D eigenvalue weighted by Crippen LogP contribution is 2.48. The van der Waals surface area contributed by atoms with Gasteiger partial charge in [0.15, 0.2) is 0 Å². The minimum absolute atomic E-state index is 0.0237. The van der Waals surface area contributed by atoms with Gasteiger partial charge in [0.05, 0.1) is 22.5 Å². The Labute approximate surface area is 296 Å². The smallest absolute Gasteiger partial charge is 0.312 e. The average Bonchev–Trinajstić information content (AvgIpc) is 3.03. The fraction of sp³-hybridized carbons (Fsp3) is 0.579. The first-order chi connectivity index (χ1) is 23.0. The summed E-state index contributed by atoms with van der Waals surface area (Å²) in [6, 6.07) is 10.9. The Hall–Kier alpha value is -3.08. The van der Waals surface area contributed by atoms with Gasteiger partial charge in [0.25, 0.3) is 5.91 Å². The maximum Gasteiger partial charge on any atom is 0.312 e. The van der Waals surface area contributed by atoms with E-state index in [1.807, 2.05) is 18.2 Å². The van der Waals surface area contributed by atoms with Crippen LogP contribution in [0.25, 0.3) is 0 Å². The molecule has 3 aliphatic rings. The van der Waals surface area contributed by atoms with Gasteiger partial charge >= 0.3 is 5.97 Å². The molecule has 11 heteroatoms. The largest absolute Gasteiger partial charge is 0.487 e. The molecule has 2 heterocycles. The van der Waals surface area contributed by atoms with Crippen molar-refractivity contribution in [1.82, 2.24) is 4.72 Å². The standard InChI is InChI=1S/C38H51ClN2O7S/c1-24-10-9-18-38(44,25(2)36(43)48-37(4,5)6)32-16-13-29(32)22-41-19-8-7-11-27-20-31(39)15-12-30(27)23-47-34-17-14-28(21-33(34)41)35(42)40-49(45,46)26(24)3/h9,12,14-15,17-18,20-21,24-26,29,32,44H,7-8,10-11,13,16,19,22-23H2,1-6H3,(H,40,42)/b18-9+/t24-,25+,26+,29-,32+,38+/m0/s1. The van der Waals surface area contributed by atoms with E-state index in [0.29, 0.717) is 49.0 Å². The van der Waals surface area contributed by atoms with E-state index in [1.165, 1.54) is 0 Å². The number of nitrogens with one attached hydrogen (secondary N) is 1. The van der Waals surface area contributed by atoms with Gasteiger partial charge in [0.2, 0.25) is 10.0 Å². The minimum atomic E-state index is -4.05. The lowest BCUT2D eigenvalue weighted by Gasteiger charge is -2.50. The van der Waals surface area contributed by atoms with Crippen molar-refractivity contribution >= 4 is 39.2 Å². The van der Waals surface area contributed by atoms with Gasteiger partial charge in [-0.15, -0.1) is 0 Å². The van der Waals surface area contributed by atoms with Gasteiger partial charge in [-0.2, -0.15) is 0 Å². The maximum atomic E-state index is 13.5. The molecule has 0 spiro atoms. The third-order valence-corrected chi connectivity index (χ3v) is 12.7. The molecule has 1 saturated carbocycles. The summed E-state index contributed by atoms with van der Waals surface area (Å²) in [5, 5.41) is 12.3. The monoisotopic (exact) mass is 714 g/mol. The molecule has 0 aromatic heterocycles. The average molecular weight is 715 g/mol. The Morgan fingerprint density at radius 2 is 1.88 bits per heavy atom. The van der Waals surface area contributed by atoms with E-state index in [-0.39, 0.29) is 23.3 Å². The van der Waals surface area contributed by atoms with Crippen LogP contribution < -0.4 is 14.4 Å². The Morgan fingerprint density at radius 1 is 1.12 bits per heavy atom. The Kier molecular flexibility index (Phi) is 11.1. The second-order valence-corrected chi connectivity index (χ2v) is 17.6. The van der Waals surface area contributed by atoms with Gasteiger partial charge < -0.3 is 19.5 Å². The zero-order valence-corrected chi connectivity index (χ0v) is 31.1. The van der Waals surface area contributed by atoms with Crippen LogP contribution in [0.2, 0.25) is 5.02 Å². The van der Waals surface area contributed by atoms with Gasteiger partial charge in [-0.25, -0.2) is 13.1 Å². The zero-order chi connectivity index (χ0) is 35.7. The van der Waals surface area contributed by atoms with Crippen molar-refractivity contribution in [3.63, 3.8) is 0 Å². The second-order valence-electron chi connectivity index (χ2n) is 15.2. The van der Waals surface area contributed by atoms with Gasteiger partial charge in [0, 0.05) is 23.7 Å². The Morgan fingerprint density at radius 3 is 2.57 bits per heavy atom. The van der Waals surface area contributed by atoms with E-state index in [1.54, 1.807) is 71.9 Å². The Bertz CT molecular complexity index is 1690. The van der Waals surface area contributed by atoms with Gasteiger partial charge in [-0.3, -0.25) is 9.59 Å². The first-order valence-electron chi connectivity index (χ1n) is 17.5. The van der Waals surface area contributed by atoms with Crippen molar-refractivity contribution in [2.75, 3.05) is 18.0 Å². The van der Waals surface area contributed by atoms with Crippen molar-refractivity contribution in [1.29, 1.82) is 0 Å². The van der Waals surface area contributed by atoms with Gasteiger partial charge in [-0.1, -0.05) is 36.7 Å². The molecule has 268 valence electrons. The number of hydrogen-bond acceptors (Lipinski definition) is 8. The molecule has 0 saturated heterocycles. The van der Waals surface area contributed by atoms with Gasteiger partial charge in [-0.05, 0) is 132 Å². The lowest BCUT2D eigenvalue weighted by atomic mass is 9.60. The number of sulfonamides is 1. The third-order valence-electron chi connectivity index (χ3n) is 10.6. The summed E-state index contributed by atoms with van der Waals surface area (Å²) in [6.07, 6.45) is 7.93. The first kappa shape index (κ1) is 37.2. The van der Waals surface area contributed by atoms with Crippen molar-refractivity contribution < 1.29 is 32.6 Å². The molecular formula is C38H51ClN2O7S. The van der Waals surface area contributed by atoms with Crippen molar-refractivity contribution in [3.8, 4) is 5.75 Å². The van der Waals surface area contributed by atoms with Crippen molar-refractivity contribution in [2.45, 2.75) is 103 Å². The van der Waals surface area contributed by atoms with Crippen molar-refractivity contribution in [3.05, 3.63) is 70.3 Å². The molecule has 5 rings (SSSR count). The predicted molar refractivity (Wildman–Crippen MR) is 192 cm³/mol. The summed E-state index contributed by atoms with van der Waals surface area (Å²) in [5.74, 6) is -2.09. The molecule has 1 amide bonds.